The molecule has 0 unspecified atom stereocenters. The molecule has 5 heteroatoms. The molecule has 19 heavy (non-hydrogen) atoms. The van der Waals surface area contributed by atoms with Gasteiger partial charge in [0.2, 0.25) is 0 Å². The number of fused-ring (bicyclic) bond motifs is 1. The molecule has 0 spiro atoms. The number of hydrogen-bond donors (Lipinski definition) is 2. The molecule has 0 aliphatic carbocycles. The first-order chi connectivity index (χ1) is 9.20. The van der Waals surface area contributed by atoms with Crippen molar-refractivity contribution < 1.29 is 4.74 Å². The van der Waals surface area contributed by atoms with Crippen LogP contribution >= 0.6 is 0 Å². The van der Waals surface area contributed by atoms with E-state index >= 15 is 0 Å². The van der Waals surface area contributed by atoms with Crippen molar-refractivity contribution in [2.45, 2.75) is 13.5 Å². The number of aryl methyl sites for hydroxylation is 1. The van der Waals surface area contributed by atoms with Gasteiger partial charge in [0, 0.05) is 11.4 Å². The monoisotopic (exact) mass is 254 g/mol. The number of ether oxygens (including phenoxy) is 1. The number of nitrogen functional groups attached to an aromatic ring is 1. The molecule has 0 atom stereocenters. The van der Waals surface area contributed by atoms with E-state index in [2.05, 4.69) is 15.0 Å². The largest absolute Gasteiger partial charge is 0.486 e. The number of aromatic amines is 1. The molecule has 0 saturated carbocycles. The van der Waals surface area contributed by atoms with Gasteiger partial charge < -0.3 is 15.5 Å². The molecule has 0 radical (unpaired) electrons. The van der Waals surface area contributed by atoms with E-state index in [1.54, 1.807) is 12.1 Å². The fourth-order valence-electron chi connectivity index (χ4n) is 1.82. The summed E-state index contributed by atoms with van der Waals surface area (Å²) >= 11 is 0. The van der Waals surface area contributed by atoms with Crippen molar-refractivity contribution in [1.29, 1.82) is 0 Å². The summed E-state index contributed by atoms with van der Waals surface area (Å²) in [7, 11) is 0. The second-order valence-electron chi connectivity index (χ2n) is 4.37. The number of nitrogens with one attached hydrogen (secondary N) is 1. The highest BCUT2D eigenvalue weighted by molar-refractivity contribution is 5.70. The molecule has 0 bridgehead atoms. The molecular formula is C14H14N4O. The van der Waals surface area contributed by atoms with Gasteiger partial charge in [-0.15, -0.1) is 0 Å². The lowest BCUT2D eigenvalue weighted by atomic mass is 10.3. The van der Waals surface area contributed by atoms with Gasteiger partial charge in [0.15, 0.2) is 5.65 Å². The number of imidazole rings is 1. The molecule has 3 rings (SSSR count). The van der Waals surface area contributed by atoms with Gasteiger partial charge in [0.25, 0.3) is 0 Å². The predicted octanol–water partition coefficient (Wildman–Crippen LogP) is 2.43. The van der Waals surface area contributed by atoms with Crippen molar-refractivity contribution in [1.82, 2.24) is 15.0 Å². The number of nitrogens with zero attached hydrogens (tertiary/aromatic N) is 2. The summed E-state index contributed by atoms with van der Waals surface area (Å²) in [6, 6.07) is 11.2. The highest BCUT2D eigenvalue weighted by atomic mass is 16.5. The SMILES string of the molecule is Cc1ccc2[nH]c(COc3ccc(N)cc3)nc2n1. The van der Waals surface area contributed by atoms with Gasteiger partial charge in [-0.3, -0.25) is 0 Å². The molecular weight excluding hydrogens is 240 g/mol. The highest BCUT2D eigenvalue weighted by Crippen LogP contribution is 2.15. The average molecular weight is 254 g/mol. The first-order valence-corrected chi connectivity index (χ1v) is 6.01. The summed E-state index contributed by atoms with van der Waals surface area (Å²) in [5.41, 5.74) is 8.92. The van der Waals surface area contributed by atoms with Gasteiger partial charge in [0.05, 0.1) is 5.52 Å². The fraction of sp³-hybridized carbons (Fsp3) is 0.143. The minimum absolute atomic E-state index is 0.374. The topological polar surface area (TPSA) is 76.8 Å². The summed E-state index contributed by atoms with van der Waals surface area (Å²) in [6.45, 7) is 2.32. The van der Waals surface area contributed by atoms with E-state index in [4.69, 9.17) is 10.5 Å². The summed E-state index contributed by atoms with van der Waals surface area (Å²) in [6.07, 6.45) is 0. The molecule has 0 amide bonds. The molecule has 0 saturated heterocycles. The Balaban J connectivity index is 1.76. The normalized spacial score (nSPS) is 10.8. The average Bonchev–Trinajstić information content (AvgIpc) is 2.80. The lowest BCUT2D eigenvalue weighted by Crippen LogP contribution is -1.97. The summed E-state index contributed by atoms with van der Waals surface area (Å²) in [4.78, 5) is 11.9. The van der Waals surface area contributed by atoms with Crippen LogP contribution in [0.1, 0.15) is 11.5 Å². The first-order valence-electron chi connectivity index (χ1n) is 6.01. The van der Waals surface area contributed by atoms with Gasteiger partial charge in [-0.05, 0) is 43.3 Å². The fourth-order valence-corrected chi connectivity index (χ4v) is 1.82. The predicted molar refractivity (Wildman–Crippen MR) is 73.8 cm³/mol. The Morgan fingerprint density at radius 1 is 1.11 bits per heavy atom. The summed E-state index contributed by atoms with van der Waals surface area (Å²) in [5, 5.41) is 0. The van der Waals surface area contributed by atoms with E-state index in [-0.39, 0.29) is 0 Å². The van der Waals surface area contributed by atoms with Gasteiger partial charge in [-0.1, -0.05) is 0 Å². The van der Waals surface area contributed by atoms with Crippen LogP contribution < -0.4 is 10.5 Å². The Kier molecular flexibility index (Phi) is 2.79. The number of hydrogen-bond acceptors (Lipinski definition) is 4. The third-order valence-corrected chi connectivity index (χ3v) is 2.79. The van der Waals surface area contributed by atoms with Crippen molar-refractivity contribution in [2.75, 3.05) is 5.73 Å². The number of anilines is 1. The maximum atomic E-state index is 5.63. The van der Waals surface area contributed by atoms with E-state index in [9.17, 15) is 0 Å². The molecule has 2 aromatic heterocycles. The van der Waals surface area contributed by atoms with E-state index < -0.39 is 0 Å². The Labute approximate surface area is 110 Å². The van der Waals surface area contributed by atoms with Crippen LogP contribution in [0.2, 0.25) is 0 Å². The maximum Gasteiger partial charge on any atom is 0.178 e. The number of benzene rings is 1. The highest BCUT2D eigenvalue weighted by Gasteiger charge is 2.04. The van der Waals surface area contributed by atoms with E-state index in [0.29, 0.717) is 6.61 Å². The van der Waals surface area contributed by atoms with Gasteiger partial charge in [-0.2, -0.15) is 0 Å². The van der Waals surface area contributed by atoms with E-state index in [1.165, 1.54) is 0 Å². The number of rotatable bonds is 3. The summed E-state index contributed by atoms with van der Waals surface area (Å²) < 4.78 is 5.63. The molecule has 3 aromatic rings. The van der Waals surface area contributed by atoms with Crippen LogP contribution in [0.4, 0.5) is 5.69 Å². The van der Waals surface area contributed by atoms with Crippen LogP contribution in [0, 0.1) is 6.92 Å². The number of nitrogens with two attached hydrogens (primary N) is 1. The molecule has 0 aliphatic rings. The van der Waals surface area contributed by atoms with E-state index in [1.807, 2.05) is 31.2 Å². The van der Waals surface area contributed by atoms with Crippen LogP contribution in [0.15, 0.2) is 36.4 Å². The maximum absolute atomic E-state index is 5.63. The second kappa shape index (κ2) is 4.61. The number of pyridine rings is 1. The van der Waals surface area contributed by atoms with Crippen molar-refractivity contribution in [3.8, 4) is 5.75 Å². The zero-order valence-electron chi connectivity index (χ0n) is 10.6. The van der Waals surface area contributed by atoms with Crippen molar-refractivity contribution in [3.05, 3.63) is 47.9 Å². The van der Waals surface area contributed by atoms with Crippen LogP contribution in [0.5, 0.6) is 5.75 Å². The molecule has 5 nitrogen and oxygen atoms in total. The van der Waals surface area contributed by atoms with Gasteiger partial charge in [-0.25, -0.2) is 9.97 Å². The molecule has 0 aliphatic heterocycles. The third-order valence-electron chi connectivity index (χ3n) is 2.79. The molecule has 1 aromatic carbocycles. The minimum Gasteiger partial charge on any atom is -0.486 e. The zero-order valence-corrected chi connectivity index (χ0v) is 10.6. The smallest absolute Gasteiger partial charge is 0.178 e. The minimum atomic E-state index is 0.374. The molecule has 96 valence electrons. The number of aromatic nitrogens is 3. The van der Waals surface area contributed by atoms with Crippen molar-refractivity contribution in [2.24, 2.45) is 0 Å². The van der Waals surface area contributed by atoms with Gasteiger partial charge >= 0.3 is 0 Å². The number of H-pyrrole nitrogens is 1. The zero-order chi connectivity index (χ0) is 13.2. The Bertz CT molecular complexity index is 703. The van der Waals surface area contributed by atoms with E-state index in [0.717, 1.165) is 34.1 Å². The van der Waals surface area contributed by atoms with Crippen molar-refractivity contribution in [3.63, 3.8) is 0 Å². The van der Waals surface area contributed by atoms with Crippen molar-refractivity contribution >= 4 is 16.9 Å². The van der Waals surface area contributed by atoms with Crippen LogP contribution in [0.3, 0.4) is 0 Å². The lowest BCUT2D eigenvalue weighted by molar-refractivity contribution is 0.297. The third kappa shape index (κ3) is 2.49. The quantitative estimate of drug-likeness (QED) is 0.704. The Morgan fingerprint density at radius 3 is 2.68 bits per heavy atom. The van der Waals surface area contributed by atoms with Crippen LogP contribution in [0.25, 0.3) is 11.2 Å². The molecule has 3 N–H and O–H groups in total. The standard InChI is InChI=1S/C14H14N4O/c1-9-2-7-12-14(16-9)18-13(17-12)8-19-11-5-3-10(15)4-6-11/h2-7H,8,15H2,1H3,(H,16,17,18). The summed E-state index contributed by atoms with van der Waals surface area (Å²) in [5.74, 6) is 1.52. The molecule has 2 heterocycles. The van der Waals surface area contributed by atoms with Crippen LogP contribution in [-0.2, 0) is 6.61 Å². The first kappa shape index (κ1) is 11.5. The second-order valence-corrected chi connectivity index (χ2v) is 4.37. The lowest BCUT2D eigenvalue weighted by Gasteiger charge is -2.03. The Hall–Kier alpha value is -2.56. The molecule has 0 fully saturated rings. The Morgan fingerprint density at radius 2 is 1.89 bits per heavy atom. The van der Waals surface area contributed by atoms with Gasteiger partial charge in [0.1, 0.15) is 18.2 Å². The van der Waals surface area contributed by atoms with Crippen LogP contribution in [-0.4, -0.2) is 15.0 Å².